The molecule has 4 rings (SSSR count). The third-order valence-corrected chi connectivity index (χ3v) is 4.57. The highest BCUT2D eigenvalue weighted by Gasteiger charge is 2.16. The van der Waals surface area contributed by atoms with Crippen LogP contribution in [0.25, 0.3) is 11.4 Å². The number of nitrogens with two attached hydrogens (primary N) is 1. The SMILES string of the molecule is N=C(c1ccnc(N2CCOCC2)c1)c1cc(-c2ncc(F)cn2)ccc1N. The number of anilines is 2. The largest absolute Gasteiger partial charge is 0.398 e. The van der Waals surface area contributed by atoms with Crippen LogP contribution in [-0.2, 0) is 4.74 Å². The molecule has 28 heavy (non-hydrogen) atoms. The highest BCUT2D eigenvalue weighted by Crippen LogP contribution is 2.24. The lowest BCUT2D eigenvalue weighted by Gasteiger charge is -2.28. The van der Waals surface area contributed by atoms with Crippen LogP contribution in [0, 0.1) is 11.2 Å². The van der Waals surface area contributed by atoms with Crippen molar-refractivity contribution in [2.24, 2.45) is 0 Å². The van der Waals surface area contributed by atoms with Crippen LogP contribution in [-0.4, -0.2) is 47.0 Å². The Balaban J connectivity index is 1.66. The number of nitrogens with zero attached hydrogens (tertiary/aromatic N) is 4. The first-order valence-electron chi connectivity index (χ1n) is 8.87. The molecule has 0 amide bonds. The summed E-state index contributed by atoms with van der Waals surface area (Å²) in [6.45, 7) is 2.86. The molecular weight excluding hydrogens is 359 g/mol. The van der Waals surface area contributed by atoms with Gasteiger partial charge in [0.05, 0.1) is 31.3 Å². The van der Waals surface area contributed by atoms with E-state index in [9.17, 15) is 4.39 Å². The summed E-state index contributed by atoms with van der Waals surface area (Å²) in [5, 5.41) is 8.66. The smallest absolute Gasteiger partial charge is 0.159 e. The fourth-order valence-corrected chi connectivity index (χ4v) is 3.07. The first-order valence-corrected chi connectivity index (χ1v) is 8.87. The highest BCUT2D eigenvalue weighted by molar-refractivity contribution is 6.14. The van der Waals surface area contributed by atoms with Crippen LogP contribution in [0.4, 0.5) is 15.9 Å². The standard InChI is InChI=1S/C20H19FN6O/c21-15-11-25-20(26-12-15)14-1-2-17(22)16(9-14)19(23)13-3-4-24-18(10-13)27-5-7-28-8-6-27/h1-4,9-12,23H,5-8,22H2. The van der Waals surface area contributed by atoms with Gasteiger partial charge in [0.1, 0.15) is 5.82 Å². The van der Waals surface area contributed by atoms with Gasteiger partial charge in [-0.2, -0.15) is 0 Å². The van der Waals surface area contributed by atoms with Gasteiger partial charge in [-0.3, -0.25) is 5.41 Å². The van der Waals surface area contributed by atoms with Gasteiger partial charge in [0.15, 0.2) is 11.6 Å². The third-order valence-electron chi connectivity index (χ3n) is 4.57. The van der Waals surface area contributed by atoms with E-state index in [0.29, 0.717) is 41.4 Å². The van der Waals surface area contributed by atoms with Crippen molar-refractivity contribution in [3.05, 3.63) is 65.9 Å². The van der Waals surface area contributed by atoms with Crippen molar-refractivity contribution in [1.29, 1.82) is 5.41 Å². The van der Waals surface area contributed by atoms with E-state index in [0.717, 1.165) is 31.3 Å². The molecule has 0 radical (unpaired) electrons. The minimum Gasteiger partial charge on any atom is -0.398 e. The average molecular weight is 378 g/mol. The number of hydrogen-bond acceptors (Lipinski definition) is 7. The van der Waals surface area contributed by atoms with E-state index in [4.69, 9.17) is 15.9 Å². The molecule has 3 N–H and O–H groups in total. The molecule has 1 aliphatic heterocycles. The quantitative estimate of drug-likeness (QED) is 0.534. The van der Waals surface area contributed by atoms with E-state index < -0.39 is 5.82 Å². The second kappa shape index (κ2) is 7.69. The Hall–Kier alpha value is -3.39. The van der Waals surface area contributed by atoms with Gasteiger partial charge in [-0.05, 0) is 30.3 Å². The lowest BCUT2D eigenvalue weighted by Crippen LogP contribution is -2.36. The van der Waals surface area contributed by atoms with Crippen molar-refractivity contribution in [3.63, 3.8) is 0 Å². The molecule has 0 saturated carbocycles. The Morgan fingerprint density at radius 3 is 2.57 bits per heavy atom. The summed E-state index contributed by atoms with van der Waals surface area (Å²) in [4.78, 5) is 14.6. The number of benzene rings is 1. The van der Waals surface area contributed by atoms with Crippen LogP contribution in [0.15, 0.2) is 48.9 Å². The normalized spacial score (nSPS) is 14.1. The van der Waals surface area contributed by atoms with E-state index in [1.807, 2.05) is 6.07 Å². The van der Waals surface area contributed by atoms with Gasteiger partial charge < -0.3 is 15.4 Å². The molecule has 0 aliphatic carbocycles. The predicted molar refractivity (Wildman–Crippen MR) is 105 cm³/mol. The number of aromatic nitrogens is 3. The zero-order valence-electron chi connectivity index (χ0n) is 15.1. The summed E-state index contributed by atoms with van der Waals surface area (Å²) < 4.78 is 18.5. The Morgan fingerprint density at radius 2 is 1.82 bits per heavy atom. The molecule has 8 heteroatoms. The van der Waals surface area contributed by atoms with Crippen molar-refractivity contribution in [3.8, 4) is 11.4 Å². The molecule has 3 heterocycles. The Labute approximate surface area is 161 Å². The van der Waals surface area contributed by atoms with Gasteiger partial charge in [-0.25, -0.2) is 19.3 Å². The van der Waals surface area contributed by atoms with Crippen LogP contribution in [0.5, 0.6) is 0 Å². The summed E-state index contributed by atoms with van der Waals surface area (Å²) in [7, 11) is 0. The molecule has 1 saturated heterocycles. The molecule has 0 bridgehead atoms. The number of rotatable bonds is 4. The van der Waals surface area contributed by atoms with Crippen LogP contribution in [0.1, 0.15) is 11.1 Å². The summed E-state index contributed by atoms with van der Waals surface area (Å²) in [5.74, 6) is 0.681. The van der Waals surface area contributed by atoms with E-state index in [2.05, 4.69) is 19.9 Å². The summed E-state index contributed by atoms with van der Waals surface area (Å²) >= 11 is 0. The van der Waals surface area contributed by atoms with Crippen LogP contribution < -0.4 is 10.6 Å². The van der Waals surface area contributed by atoms with Gasteiger partial charge in [-0.1, -0.05) is 0 Å². The second-order valence-corrected chi connectivity index (χ2v) is 6.40. The van der Waals surface area contributed by atoms with Gasteiger partial charge in [0.25, 0.3) is 0 Å². The highest BCUT2D eigenvalue weighted by atomic mass is 19.1. The van der Waals surface area contributed by atoms with E-state index in [1.54, 1.807) is 30.5 Å². The zero-order chi connectivity index (χ0) is 19.5. The first-order chi connectivity index (χ1) is 13.6. The summed E-state index contributed by atoms with van der Waals surface area (Å²) in [6.07, 6.45) is 3.92. The van der Waals surface area contributed by atoms with Crippen molar-refractivity contribution in [2.45, 2.75) is 0 Å². The number of nitrogens with one attached hydrogen (secondary N) is 1. The number of halogens is 1. The van der Waals surface area contributed by atoms with Gasteiger partial charge in [0, 0.05) is 41.7 Å². The van der Waals surface area contributed by atoms with Crippen molar-refractivity contribution in [2.75, 3.05) is 36.9 Å². The molecule has 142 valence electrons. The maximum Gasteiger partial charge on any atom is 0.159 e. The van der Waals surface area contributed by atoms with Crippen molar-refractivity contribution >= 4 is 17.2 Å². The maximum absolute atomic E-state index is 13.1. The zero-order valence-corrected chi connectivity index (χ0v) is 15.1. The molecule has 0 atom stereocenters. The number of ether oxygens (including phenoxy) is 1. The Bertz CT molecular complexity index is 1000. The van der Waals surface area contributed by atoms with Crippen LogP contribution >= 0.6 is 0 Å². The molecule has 2 aromatic heterocycles. The average Bonchev–Trinajstić information content (AvgIpc) is 2.75. The minimum atomic E-state index is -0.500. The number of hydrogen-bond donors (Lipinski definition) is 2. The van der Waals surface area contributed by atoms with E-state index in [-0.39, 0.29) is 5.71 Å². The lowest BCUT2D eigenvalue weighted by atomic mass is 9.99. The summed E-state index contributed by atoms with van der Waals surface area (Å²) in [5.41, 5.74) is 8.81. The Morgan fingerprint density at radius 1 is 1.07 bits per heavy atom. The minimum absolute atomic E-state index is 0.276. The fourth-order valence-electron chi connectivity index (χ4n) is 3.07. The topological polar surface area (TPSA) is 101 Å². The maximum atomic E-state index is 13.1. The van der Waals surface area contributed by atoms with Gasteiger partial charge in [0.2, 0.25) is 0 Å². The van der Waals surface area contributed by atoms with Gasteiger partial charge >= 0.3 is 0 Å². The third kappa shape index (κ3) is 3.67. The van der Waals surface area contributed by atoms with E-state index >= 15 is 0 Å². The Kier molecular flexibility index (Phi) is 4.94. The number of morpholine rings is 1. The number of pyridine rings is 1. The van der Waals surface area contributed by atoms with E-state index in [1.165, 1.54) is 0 Å². The van der Waals surface area contributed by atoms with Gasteiger partial charge in [-0.15, -0.1) is 0 Å². The van der Waals surface area contributed by atoms with Crippen LogP contribution in [0.3, 0.4) is 0 Å². The van der Waals surface area contributed by atoms with Crippen LogP contribution in [0.2, 0.25) is 0 Å². The fraction of sp³-hybridized carbons (Fsp3) is 0.200. The lowest BCUT2D eigenvalue weighted by molar-refractivity contribution is 0.122. The molecule has 1 fully saturated rings. The molecule has 1 aromatic carbocycles. The van der Waals surface area contributed by atoms with Crippen molar-refractivity contribution in [1.82, 2.24) is 15.0 Å². The monoisotopic (exact) mass is 378 g/mol. The predicted octanol–water partition coefficient (Wildman–Crippen LogP) is 2.51. The van der Waals surface area contributed by atoms with Crippen molar-refractivity contribution < 1.29 is 9.13 Å². The molecule has 0 spiro atoms. The first kappa shape index (κ1) is 18.0. The molecule has 3 aromatic rings. The molecule has 0 unspecified atom stereocenters. The molecular formula is C20H19FN6O. The molecule has 1 aliphatic rings. The second-order valence-electron chi connectivity index (χ2n) is 6.40. The molecule has 7 nitrogen and oxygen atoms in total. The summed E-state index contributed by atoms with van der Waals surface area (Å²) in [6, 6.07) is 8.88. The number of nitrogen functional groups attached to an aromatic ring is 1.